The van der Waals surface area contributed by atoms with Gasteiger partial charge in [0.1, 0.15) is 5.75 Å². The highest BCUT2D eigenvalue weighted by Gasteiger charge is 2.23. The van der Waals surface area contributed by atoms with E-state index in [4.69, 9.17) is 9.47 Å². The summed E-state index contributed by atoms with van der Waals surface area (Å²) >= 11 is 0. The van der Waals surface area contributed by atoms with Crippen molar-refractivity contribution in [1.82, 2.24) is 14.7 Å². The largest absolute Gasteiger partial charge is 0.497 e. The van der Waals surface area contributed by atoms with Gasteiger partial charge in [-0.2, -0.15) is 5.10 Å². The number of hydrogen-bond donors (Lipinski definition) is 0. The van der Waals surface area contributed by atoms with Gasteiger partial charge >= 0.3 is 5.97 Å². The van der Waals surface area contributed by atoms with Gasteiger partial charge in [0.2, 0.25) is 0 Å². The predicted octanol–water partition coefficient (Wildman–Crippen LogP) is 5.13. The number of carbonyl (C=O) groups is 2. The molecule has 178 valence electrons. The number of aromatic nitrogens is 2. The normalized spacial score (nSPS) is 14.0. The molecule has 1 amide bonds. The molecule has 0 radical (unpaired) electrons. The Morgan fingerprint density at radius 1 is 1.06 bits per heavy atom. The van der Waals surface area contributed by atoms with Crippen LogP contribution in [0.5, 0.6) is 5.75 Å². The van der Waals surface area contributed by atoms with Crippen LogP contribution in [-0.2, 0) is 4.74 Å². The van der Waals surface area contributed by atoms with Crippen molar-refractivity contribution in [2.24, 2.45) is 0 Å². The molecular formula is C27H31N3O4. The first kappa shape index (κ1) is 23.5. The molecule has 0 saturated heterocycles. The molecule has 0 spiro atoms. The van der Waals surface area contributed by atoms with Crippen molar-refractivity contribution in [1.29, 1.82) is 0 Å². The summed E-state index contributed by atoms with van der Waals surface area (Å²) in [6.07, 6.45) is 5.73. The van der Waals surface area contributed by atoms with E-state index in [0.717, 1.165) is 29.8 Å². The van der Waals surface area contributed by atoms with Crippen LogP contribution >= 0.6 is 0 Å². The summed E-state index contributed by atoms with van der Waals surface area (Å²) in [6.45, 7) is 2.03. The third-order valence-corrected chi connectivity index (χ3v) is 6.36. The summed E-state index contributed by atoms with van der Waals surface area (Å²) in [6, 6.07) is 16.9. The van der Waals surface area contributed by atoms with E-state index < -0.39 is 5.97 Å². The van der Waals surface area contributed by atoms with Crippen LogP contribution < -0.4 is 4.74 Å². The molecule has 0 N–H and O–H groups in total. The van der Waals surface area contributed by atoms with Crippen LogP contribution in [0.2, 0.25) is 0 Å². The van der Waals surface area contributed by atoms with Crippen molar-refractivity contribution in [3.63, 3.8) is 0 Å². The van der Waals surface area contributed by atoms with Crippen LogP contribution in [0.3, 0.4) is 0 Å². The molecule has 34 heavy (non-hydrogen) atoms. The van der Waals surface area contributed by atoms with Crippen LogP contribution in [0.25, 0.3) is 16.9 Å². The Hall–Kier alpha value is -3.61. The molecule has 1 aliphatic carbocycles. The Labute approximate surface area is 200 Å². The Morgan fingerprint density at radius 2 is 1.79 bits per heavy atom. The summed E-state index contributed by atoms with van der Waals surface area (Å²) in [5.41, 5.74) is 3.17. The minimum absolute atomic E-state index is 0.0270. The molecule has 3 aromatic rings. The lowest BCUT2D eigenvalue weighted by molar-refractivity contribution is 0.0518. The fourth-order valence-corrected chi connectivity index (χ4v) is 4.45. The second kappa shape index (κ2) is 10.5. The summed E-state index contributed by atoms with van der Waals surface area (Å²) in [7, 11) is 3.51. The molecular weight excluding hydrogens is 430 g/mol. The second-order valence-corrected chi connectivity index (χ2v) is 8.53. The summed E-state index contributed by atoms with van der Waals surface area (Å²) in [5.74, 6) is 0.250. The predicted molar refractivity (Wildman–Crippen MR) is 130 cm³/mol. The maximum Gasteiger partial charge on any atom is 0.358 e. The van der Waals surface area contributed by atoms with Gasteiger partial charge in [-0.1, -0.05) is 31.4 Å². The smallest absolute Gasteiger partial charge is 0.358 e. The lowest BCUT2D eigenvalue weighted by Crippen LogP contribution is -2.38. The van der Waals surface area contributed by atoms with E-state index in [9.17, 15) is 9.59 Å². The first-order valence-electron chi connectivity index (χ1n) is 11.8. The molecule has 7 heteroatoms. The zero-order valence-corrected chi connectivity index (χ0v) is 20.0. The van der Waals surface area contributed by atoms with Crippen molar-refractivity contribution < 1.29 is 19.1 Å². The SMILES string of the molecule is CCOC(=O)c1cc(-c2cccc(OC)c2)n(-c2ccc(C(=O)N(C)C3CCCCC3)cc2)n1. The van der Waals surface area contributed by atoms with E-state index in [0.29, 0.717) is 17.4 Å². The standard InChI is InChI=1S/C27H31N3O4/c1-4-34-27(32)24-18-25(20-9-8-12-23(17-20)33-3)30(28-24)22-15-13-19(14-16-22)26(31)29(2)21-10-6-5-7-11-21/h8-9,12-18,21H,4-7,10-11H2,1-3H3. The number of methoxy groups -OCH3 is 1. The van der Waals surface area contributed by atoms with Crippen molar-refractivity contribution in [3.8, 4) is 22.7 Å². The third-order valence-electron chi connectivity index (χ3n) is 6.36. The van der Waals surface area contributed by atoms with Crippen molar-refractivity contribution in [2.75, 3.05) is 20.8 Å². The van der Waals surface area contributed by atoms with E-state index in [-0.39, 0.29) is 18.2 Å². The lowest BCUT2D eigenvalue weighted by Gasteiger charge is -2.31. The van der Waals surface area contributed by atoms with Crippen LogP contribution in [0.1, 0.15) is 59.9 Å². The molecule has 0 aliphatic heterocycles. The van der Waals surface area contributed by atoms with E-state index in [2.05, 4.69) is 5.10 Å². The van der Waals surface area contributed by atoms with Crippen molar-refractivity contribution in [2.45, 2.75) is 45.1 Å². The summed E-state index contributed by atoms with van der Waals surface area (Å²) in [4.78, 5) is 27.3. The Kier molecular flexibility index (Phi) is 7.30. The summed E-state index contributed by atoms with van der Waals surface area (Å²) in [5, 5.41) is 4.52. The van der Waals surface area contributed by atoms with Crippen LogP contribution in [0, 0.1) is 0 Å². The Bertz CT molecular complexity index is 1150. The number of nitrogens with zero attached hydrogens (tertiary/aromatic N) is 3. The average molecular weight is 462 g/mol. The molecule has 4 rings (SSSR count). The van der Waals surface area contributed by atoms with Gasteiger partial charge in [0.05, 0.1) is 25.1 Å². The Morgan fingerprint density at radius 3 is 2.47 bits per heavy atom. The quantitative estimate of drug-likeness (QED) is 0.456. The molecule has 1 saturated carbocycles. The molecule has 0 atom stereocenters. The zero-order valence-electron chi connectivity index (χ0n) is 20.0. The van der Waals surface area contributed by atoms with Crippen molar-refractivity contribution in [3.05, 3.63) is 65.9 Å². The van der Waals surface area contributed by atoms with Gasteiger partial charge in [0.15, 0.2) is 5.69 Å². The minimum atomic E-state index is -0.480. The van der Waals surface area contributed by atoms with Crippen LogP contribution in [-0.4, -0.2) is 53.4 Å². The van der Waals surface area contributed by atoms with Crippen LogP contribution in [0.15, 0.2) is 54.6 Å². The Balaban J connectivity index is 1.66. The van der Waals surface area contributed by atoms with E-state index in [1.54, 1.807) is 24.8 Å². The number of carbonyl (C=O) groups excluding carboxylic acids is 2. The van der Waals surface area contributed by atoms with Gasteiger partial charge in [0.25, 0.3) is 5.91 Å². The van der Waals surface area contributed by atoms with Gasteiger partial charge in [-0.05, 0) is 62.2 Å². The van der Waals surface area contributed by atoms with Crippen molar-refractivity contribution >= 4 is 11.9 Å². The average Bonchev–Trinajstić information content (AvgIpc) is 3.34. The van der Waals surface area contributed by atoms with Gasteiger partial charge in [-0.15, -0.1) is 0 Å². The fraction of sp³-hybridized carbons (Fsp3) is 0.370. The molecule has 1 aliphatic rings. The summed E-state index contributed by atoms with van der Waals surface area (Å²) < 4.78 is 12.2. The molecule has 2 aromatic carbocycles. The molecule has 1 aromatic heterocycles. The fourth-order valence-electron chi connectivity index (χ4n) is 4.45. The first-order chi connectivity index (χ1) is 16.5. The monoisotopic (exact) mass is 461 g/mol. The molecule has 0 unspecified atom stereocenters. The maximum atomic E-state index is 13.0. The lowest BCUT2D eigenvalue weighted by atomic mass is 9.94. The molecule has 1 fully saturated rings. The van der Waals surface area contributed by atoms with Gasteiger partial charge in [-0.25, -0.2) is 9.48 Å². The number of rotatable bonds is 7. The number of amides is 1. The van der Waals surface area contributed by atoms with Crippen LogP contribution in [0.4, 0.5) is 0 Å². The van der Waals surface area contributed by atoms with E-state index >= 15 is 0 Å². The minimum Gasteiger partial charge on any atom is -0.497 e. The highest BCUT2D eigenvalue weighted by Crippen LogP contribution is 2.28. The molecule has 1 heterocycles. The van der Waals surface area contributed by atoms with E-state index in [1.165, 1.54) is 19.3 Å². The highest BCUT2D eigenvalue weighted by molar-refractivity contribution is 5.94. The zero-order chi connectivity index (χ0) is 24.1. The maximum absolute atomic E-state index is 13.0. The molecule has 0 bridgehead atoms. The number of ether oxygens (including phenoxy) is 2. The number of hydrogen-bond acceptors (Lipinski definition) is 5. The molecule has 7 nitrogen and oxygen atoms in total. The van der Waals surface area contributed by atoms with Gasteiger partial charge in [-0.3, -0.25) is 4.79 Å². The topological polar surface area (TPSA) is 73.7 Å². The highest BCUT2D eigenvalue weighted by atomic mass is 16.5. The first-order valence-corrected chi connectivity index (χ1v) is 11.8. The van der Waals surface area contributed by atoms with Gasteiger partial charge < -0.3 is 14.4 Å². The van der Waals surface area contributed by atoms with E-state index in [1.807, 2.05) is 60.5 Å². The number of benzene rings is 2. The van der Waals surface area contributed by atoms with Gasteiger partial charge in [0, 0.05) is 24.2 Å². The third kappa shape index (κ3) is 4.98. The second-order valence-electron chi connectivity index (χ2n) is 8.53. The number of esters is 1.